The number of nitrogens with zero attached hydrogens (tertiary/aromatic N) is 1. The van der Waals surface area contributed by atoms with Crippen LogP contribution in [0.3, 0.4) is 0 Å². The highest BCUT2D eigenvalue weighted by Gasteiger charge is 2.52. The molecule has 2 heterocycles. The van der Waals surface area contributed by atoms with Crippen molar-refractivity contribution in [3.8, 4) is 0 Å². The Balaban J connectivity index is 1.38. The van der Waals surface area contributed by atoms with Crippen LogP contribution in [-0.2, 0) is 19.5 Å². The van der Waals surface area contributed by atoms with E-state index in [-0.39, 0.29) is 11.5 Å². The molecule has 1 aromatic heterocycles. The van der Waals surface area contributed by atoms with Gasteiger partial charge >= 0.3 is 0 Å². The molecule has 0 amide bonds. The zero-order valence-electron chi connectivity index (χ0n) is 16.1. The predicted octanol–water partition coefficient (Wildman–Crippen LogP) is 2.98. The Morgan fingerprint density at radius 3 is 2.86 bits per heavy atom. The van der Waals surface area contributed by atoms with Crippen molar-refractivity contribution in [2.45, 2.75) is 42.4 Å². The molecule has 1 aliphatic heterocycles. The first-order valence-electron chi connectivity index (χ1n) is 10.1. The molecular weight excluding hydrogens is 420 g/mol. The van der Waals surface area contributed by atoms with Crippen LogP contribution in [0.5, 0.6) is 0 Å². The van der Waals surface area contributed by atoms with Crippen LogP contribution in [0.25, 0.3) is 0 Å². The zero-order valence-corrected chi connectivity index (χ0v) is 18.5. The van der Waals surface area contributed by atoms with Gasteiger partial charge in [-0.05, 0) is 43.7 Å². The van der Waals surface area contributed by atoms with Crippen LogP contribution >= 0.6 is 22.9 Å². The van der Waals surface area contributed by atoms with Crippen molar-refractivity contribution < 1.29 is 17.9 Å². The van der Waals surface area contributed by atoms with E-state index in [1.807, 2.05) is 0 Å². The first-order valence-corrected chi connectivity index (χ1v) is 12.8. The van der Waals surface area contributed by atoms with Crippen molar-refractivity contribution in [1.29, 1.82) is 0 Å². The molecule has 0 aromatic carbocycles. The summed E-state index contributed by atoms with van der Waals surface area (Å²) in [5.41, 5.74) is -0.0813. The van der Waals surface area contributed by atoms with Crippen molar-refractivity contribution >= 4 is 33.0 Å². The second kappa shape index (κ2) is 8.88. The average molecular weight is 449 g/mol. The van der Waals surface area contributed by atoms with E-state index < -0.39 is 10.0 Å². The van der Waals surface area contributed by atoms with Crippen molar-refractivity contribution in [2.24, 2.45) is 11.3 Å². The molecule has 4 rings (SSSR count). The molecule has 2 saturated carbocycles. The maximum atomic E-state index is 12.9. The quantitative estimate of drug-likeness (QED) is 0.619. The number of thiophene rings is 1. The van der Waals surface area contributed by atoms with E-state index in [0.717, 1.165) is 76.3 Å². The SMILES string of the molecule is O=S(=O)(NC1C2CCCC1(COCCN1CCOCC1)CC2)c1ccc(Cl)s1. The van der Waals surface area contributed by atoms with Gasteiger partial charge in [-0.25, -0.2) is 13.1 Å². The lowest BCUT2D eigenvalue weighted by Crippen LogP contribution is -2.51. The molecule has 1 aromatic rings. The van der Waals surface area contributed by atoms with E-state index in [4.69, 9.17) is 21.1 Å². The Morgan fingerprint density at radius 2 is 2.11 bits per heavy atom. The van der Waals surface area contributed by atoms with Crippen LogP contribution in [0.4, 0.5) is 0 Å². The van der Waals surface area contributed by atoms with E-state index >= 15 is 0 Å². The monoisotopic (exact) mass is 448 g/mol. The van der Waals surface area contributed by atoms with Gasteiger partial charge in [-0.2, -0.15) is 0 Å². The molecular formula is C19H29ClN2O4S2. The Hall–Kier alpha value is -0.220. The van der Waals surface area contributed by atoms with Crippen molar-refractivity contribution in [3.05, 3.63) is 16.5 Å². The molecule has 0 spiro atoms. The maximum Gasteiger partial charge on any atom is 0.250 e. The average Bonchev–Trinajstić information content (AvgIpc) is 3.19. The highest BCUT2D eigenvalue weighted by atomic mass is 35.5. The van der Waals surface area contributed by atoms with Gasteiger partial charge in [0.05, 0.1) is 30.8 Å². The third-order valence-electron chi connectivity index (χ3n) is 6.53. The number of halogens is 1. The van der Waals surface area contributed by atoms with Gasteiger partial charge in [-0.3, -0.25) is 4.90 Å². The molecule has 1 N–H and O–H groups in total. The van der Waals surface area contributed by atoms with E-state index in [1.54, 1.807) is 12.1 Å². The van der Waals surface area contributed by atoms with Gasteiger partial charge in [-0.15, -0.1) is 11.3 Å². The van der Waals surface area contributed by atoms with Crippen LogP contribution in [-0.4, -0.2) is 65.4 Å². The molecule has 3 fully saturated rings. The lowest BCUT2D eigenvalue weighted by Gasteiger charge is -2.41. The zero-order chi connectivity index (χ0) is 19.6. The van der Waals surface area contributed by atoms with E-state index in [9.17, 15) is 8.42 Å². The van der Waals surface area contributed by atoms with Gasteiger partial charge in [0.1, 0.15) is 4.21 Å². The lowest BCUT2D eigenvalue weighted by atomic mass is 9.72. The van der Waals surface area contributed by atoms with Gasteiger partial charge in [-0.1, -0.05) is 18.0 Å². The van der Waals surface area contributed by atoms with Gasteiger partial charge in [0.15, 0.2) is 0 Å². The minimum atomic E-state index is -3.54. The fourth-order valence-corrected chi connectivity index (χ4v) is 7.93. The summed E-state index contributed by atoms with van der Waals surface area (Å²) < 4.78 is 41.1. The highest BCUT2D eigenvalue weighted by molar-refractivity contribution is 7.91. The molecule has 0 radical (unpaired) electrons. The largest absolute Gasteiger partial charge is 0.379 e. The Labute approximate surface area is 176 Å². The molecule has 2 bridgehead atoms. The van der Waals surface area contributed by atoms with E-state index in [2.05, 4.69) is 9.62 Å². The molecule has 3 aliphatic rings. The minimum Gasteiger partial charge on any atom is -0.379 e. The van der Waals surface area contributed by atoms with Crippen molar-refractivity contribution in [1.82, 2.24) is 9.62 Å². The van der Waals surface area contributed by atoms with Gasteiger partial charge in [0, 0.05) is 31.1 Å². The summed E-state index contributed by atoms with van der Waals surface area (Å²) >= 11 is 7.06. The number of nitrogens with one attached hydrogen (secondary N) is 1. The fraction of sp³-hybridized carbons (Fsp3) is 0.789. The summed E-state index contributed by atoms with van der Waals surface area (Å²) in [7, 11) is -3.54. The molecule has 28 heavy (non-hydrogen) atoms. The number of fused-ring (bicyclic) bond motifs is 2. The Morgan fingerprint density at radius 1 is 1.29 bits per heavy atom. The Kier molecular flexibility index (Phi) is 6.67. The predicted molar refractivity (Wildman–Crippen MR) is 111 cm³/mol. The Bertz CT molecular complexity index is 762. The first-order chi connectivity index (χ1) is 13.5. The van der Waals surface area contributed by atoms with Gasteiger partial charge in [0.2, 0.25) is 10.0 Å². The number of morpholine rings is 1. The normalized spacial score (nSPS) is 31.3. The van der Waals surface area contributed by atoms with Crippen LogP contribution < -0.4 is 4.72 Å². The third kappa shape index (κ3) is 4.58. The van der Waals surface area contributed by atoms with Crippen LogP contribution in [0.2, 0.25) is 4.34 Å². The fourth-order valence-electron chi connectivity index (χ4n) is 5.02. The second-order valence-corrected chi connectivity index (χ2v) is 11.9. The summed E-state index contributed by atoms with van der Waals surface area (Å²) in [5, 5.41) is 0. The van der Waals surface area contributed by atoms with Gasteiger partial charge < -0.3 is 9.47 Å². The molecule has 3 atom stereocenters. The number of hydrogen-bond donors (Lipinski definition) is 1. The lowest BCUT2D eigenvalue weighted by molar-refractivity contribution is -0.0114. The summed E-state index contributed by atoms with van der Waals surface area (Å²) in [6.45, 7) is 5.74. The first kappa shape index (κ1) is 21.0. The molecule has 9 heteroatoms. The standard InChI is InChI=1S/C19H29ClN2O4S2/c20-16-3-4-17(27-16)28(23,24)21-18-15-2-1-6-19(18,7-5-15)14-26-13-10-22-8-11-25-12-9-22/h3-4,15,18,21H,1-2,5-14H2. The molecule has 3 unspecified atom stereocenters. The van der Waals surface area contributed by atoms with Crippen LogP contribution in [0, 0.1) is 11.3 Å². The van der Waals surface area contributed by atoms with Crippen molar-refractivity contribution in [2.75, 3.05) is 46.1 Å². The number of rotatable bonds is 8. The maximum absolute atomic E-state index is 12.9. The number of ether oxygens (including phenoxy) is 2. The smallest absolute Gasteiger partial charge is 0.250 e. The summed E-state index contributed by atoms with van der Waals surface area (Å²) in [4.78, 5) is 2.36. The number of sulfonamides is 1. The molecule has 158 valence electrons. The van der Waals surface area contributed by atoms with E-state index in [0.29, 0.717) is 27.7 Å². The topological polar surface area (TPSA) is 67.9 Å². The number of hydrogen-bond acceptors (Lipinski definition) is 6. The van der Waals surface area contributed by atoms with Gasteiger partial charge in [0.25, 0.3) is 0 Å². The molecule has 2 aliphatic carbocycles. The third-order valence-corrected chi connectivity index (χ3v) is 9.70. The van der Waals surface area contributed by atoms with Crippen LogP contribution in [0.1, 0.15) is 32.1 Å². The highest BCUT2D eigenvalue weighted by Crippen LogP contribution is 2.52. The molecule has 1 saturated heterocycles. The molecule has 6 nitrogen and oxygen atoms in total. The summed E-state index contributed by atoms with van der Waals surface area (Å²) in [5.74, 6) is 0.404. The minimum absolute atomic E-state index is 0.0458. The second-order valence-electron chi connectivity index (χ2n) is 8.22. The summed E-state index contributed by atoms with van der Waals surface area (Å²) in [6, 6.07) is 3.18. The van der Waals surface area contributed by atoms with Crippen molar-refractivity contribution in [3.63, 3.8) is 0 Å². The summed E-state index contributed by atoms with van der Waals surface area (Å²) in [6.07, 6.45) is 5.38. The van der Waals surface area contributed by atoms with Crippen LogP contribution in [0.15, 0.2) is 16.3 Å². The van der Waals surface area contributed by atoms with E-state index in [1.165, 1.54) is 0 Å².